The molecule has 4 nitrogen and oxygen atoms in total. The molecule has 0 saturated carbocycles. The fourth-order valence-corrected chi connectivity index (χ4v) is 0.204. The molecule has 0 rings (SSSR count). The number of rotatable bonds is 2. The third kappa shape index (κ3) is 61.8. The summed E-state index contributed by atoms with van der Waals surface area (Å²) < 4.78 is 0. The van der Waals surface area contributed by atoms with Gasteiger partial charge in [0.2, 0.25) is 0 Å². The van der Waals surface area contributed by atoms with Gasteiger partial charge in [0.25, 0.3) is 0 Å². The average Bonchev–Trinajstić information content (AvgIpc) is 1.62. The molecule has 6 heteroatoms. The number of aliphatic carboxylic acids is 2. The predicted molar refractivity (Wildman–Crippen MR) is 30.6 cm³/mol. The third-order valence-electron chi connectivity index (χ3n) is 0.454. The number of hydrogen-bond acceptors (Lipinski definition) is 4. The Bertz CT molecular complexity index is 114. The Morgan fingerprint density at radius 2 is 1.50 bits per heavy atom. The zero-order valence-electron chi connectivity index (χ0n) is 8.05. The van der Waals surface area contributed by atoms with Crippen LogP contribution in [-0.2, 0) is 9.59 Å². The summed E-state index contributed by atoms with van der Waals surface area (Å²) in [5, 5.41) is 18.4. The summed E-state index contributed by atoms with van der Waals surface area (Å²) in [6.07, 6.45) is 0.850. The summed E-state index contributed by atoms with van der Waals surface area (Å²) in [4.78, 5) is 18.4. The topological polar surface area (TPSA) is 80.3 Å². The molecule has 0 aliphatic heterocycles. The van der Waals surface area contributed by atoms with Gasteiger partial charge in [-0.05, 0) is 13.3 Å². The van der Waals surface area contributed by atoms with Crippen LogP contribution in [0.3, 0.4) is 0 Å². The minimum atomic E-state index is -1.08. The molecule has 0 atom stereocenters. The van der Waals surface area contributed by atoms with Crippen LogP contribution in [0.5, 0.6) is 0 Å². The van der Waals surface area contributed by atoms with Crippen molar-refractivity contribution < 1.29 is 101 Å². The van der Waals surface area contributed by atoms with E-state index in [0.29, 0.717) is 6.42 Å². The van der Waals surface area contributed by atoms with Crippen LogP contribution in [0.25, 0.3) is 0 Å². The standard InChI is InChI=1S/C4H8O2.C2H4O2.K.Na/c1-2-3-4(5)6;1-2(3)4;;/h2-3H2,1H3,(H,5,6);1H3,(H,3,4);;/q;;2*+1/p-2. The molecule has 0 aromatic carbocycles. The molecule has 0 heterocycles. The first-order valence-electron chi connectivity index (χ1n) is 2.88. The average molecular weight is 208 g/mol. The summed E-state index contributed by atoms with van der Waals surface area (Å²) in [7, 11) is 0. The number of carbonyl (C=O) groups excluding carboxylic acids is 2. The van der Waals surface area contributed by atoms with E-state index in [0.717, 1.165) is 6.92 Å². The first-order valence-corrected chi connectivity index (χ1v) is 2.88. The van der Waals surface area contributed by atoms with Crippen LogP contribution in [0.15, 0.2) is 0 Å². The Hall–Kier alpha value is 1.58. The first-order chi connectivity index (χ1) is 4.50. The van der Waals surface area contributed by atoms with Gasteiger partial charge in [-0.25, -0.2) is 0 Å². The molecule has 0 amide bonds. The fourth-order valence-electron chi connectivity index (χ4n) is 0.204. The molecule has 0 unspecified atom stereocenters. The van der Waals surface area contributed by atoms with Crippen molar-refractivity contribution in [1.29, 1.82) is 0 Å². The quantitative estimate of drug-likeness (QED) is 0.422. The maximum atomic E-state index is 9.49. The van der Waals surface area contributed by atoms with Crippen molar-refractivity contribution in [3.63, 3.8) is 0 Å². The molecule has 60 valence electrons. The van der Waals surface area contributed by atoms with Crippen molar-refractivity contribution >= 4 is 11.9 Å². The third-order valence-corrected chi connectivity index (χ3v) is 0.454. The van der Waals surface area contributed by atoms with Crippen LogP contribution < -0.4 is 91.2 Å². The van der Waals surface area contributed by atoms with Gasteiger partial charge >= 0.3 is 80.9 Å². The van der Waals surface area contributed by atoms with Crippen LogP contribution in [0.2, 0.25) is 0 Å². The van der Waals surface area contributed by atoms with Gasteiger partial charge in [-0.3, -0.25) is 0 Å². The van der Waals surface area contributed by atoms with Crippen molar-refractivity contribution in [3.05, 3.63) is 0 Å². The van der Waals surface area contributed by atoms with Crippen LogP contribution >= 0.6 is 0 Å². The minimum Gasteiger partial charge on any atom is -0.550 e. The molecule has 12 heavy (non-hydrogen) atoms. The summed E-state index contributed by atoms with van der Waals surface area (Å²) in [5.74, 6) is -2.04. The molecule has 0 N–H and O–H groups in total. The Morgan fingerprint density at radius 1 is 1.25 bits per heavy atom. The monoisotopic (exact) mass is 208 g/mol. The van der Waals surface area contributed by atoms with E-state index in [-0.39, 0.29) is 87.4 Å². The number of hydrogen-bond donors (Lipinski definition) is 0. The summed E-state index contributed by atoms with van der Waals surface area (Å²) >= 11 is 0. The zero-order chi connectivity index (χ0) is 8.57. The Balaban J connectivity index is -0.0000000483. The van der Waals surface area contributed by atoms with E-state index in [4.69, 9.17) is 9.90 Å². The van der Waals surface area contributed by atoms with Gasteiger partial charge in [0, 0.05) is 11.9 Å². The van der Waals surface area contributed by atoms with E-state index in [2.05, 4.69) is 0 Å². The fraction of sp³-hybridized carbons (Fsp3) is 0.667. The smallest absolute Gasteiger partial charge is 0.550 e. The van der Waals surface area contributed by atoms with E-state index >= 15 is 0 Å². The molecular weight excluding hydrogens is 198 g/mol. The van der Waals surface area contributed by atoms with Crippen molar-refractivity contribution in [2.45, 2.75) is 26.7 Å². The number of carbonyl (C=O) groups is 2. The minimum absolute atomic E-state index is 0. The molecule has 0 aromatic heterocycles. The normalized spacial score (nSPS) is 6.17. The summed E-state index contributed by atoms with van der Waals surface area (Å²) in [5.41, 5.74) is 0. The van der Waals surface area contributed by atoms with E-state index in [1.807, 2.05) is 0 Å². The van der Waals surface area contributed by atoms with Crippen molar-refractivity contribution in [3.8, 4) is 0 Å². The van der Waals surface area contributed by atoms with Crippen LogP contribution in [0.1, 0.15) is 26.7 Å². The second kappa shape index (κ2) is 18.4. The largest absolute Gasteiger partial charge is 1.00 e. The first kappa shape index (κ1) is 23.4. The van der Waals surface area contributed by atoms with Crippen LogP contribution in [-0.4, -0.2) is 11.9 Å². The van der Waals surface area contributed by atoms with Crippen LogP contribution in [0, 0.1) is 0 Å². The van der Waals surface area contributed by atoms with Gasteiger partial charge in [0.05, 0.1) is 0 Å². The van der Waals surface area contributed by atoms with E-state index in [1.165, 1.54) is 0 Å². The molecule has 0 bridgehead atoms. The van der Waals surface area contributed by atoms with Crippen molar-refractivity contribution in [2.75, 3.05) is 0 Å². The van der Waals surface area contributed by atoms with Gasteiger partial charge in [-0.1, -0.05) is 13.3 Å². The Morgan fingerprint density at radius 3 is 1.50 bits per heavy atom. The van der Waals surface area contributed by atoms with Crippen molar-refractivity contribution in [1.82, 2.24) is 0 Å². The predicted octanol–water partition coefficient (Wildman–Crippen LogP) is -7.70. The molecule has 0 aliphatic rings. The summed E-state index contributed by atoms with van der Waals surface area (Å²) in [6.45, 7) is 2.77. The number of carboxylic acid groups (broad SMARTS) is 2. The van der Waals surface area contributed by atoms with Gasteiger partial charge in [-0.2, -0.15) is 0 Å². The Kier molecular flexibility index (Phi) is 35.9. The van der Waals surface area contributed by atoms with Crippen molar-refractivity contribution in [2.24, 2.45) is 0 Å². The summed E-state index contributed by atoms with van der Waals surface area (Å²) in [6, 6.07) is 0. The van der Waals surface area contributed by atoms with Crippen LogP contribution in [0.4, 0.5) is 0 Å². The number of carboxylic acids is 2. The van der Waals surface area contributed by atoms with Gasteiger partial charge in [-0.15, -0.1) is 0 Å². The van der Waals surface area contributed by atoms with E-state index < -0.39 is 11.9 Å². The second-order valence-corrected chi connectivity index (χ2v) is 1.61. The van der Waals surface area contributed by atoms with Gasteiger partial charge in [0.15, 0.2) is 0 Å². The second-order valence-electron chi connectivity index (χ2n) is 1.61. The molecule has 0 saturated heterocycles. The van der Waals surface area contributed by atoms with Gasteiger partial charge in [0.1, 0.15) is 0 Å². The SMILES string of the molecule is CC(=O)[O-].CCCC(=O)[O-].[K+].[Na+]. The molecule has 0 aromatic rings. The van der Waals surface area contributed by atoms with E-state index in [1.54, 1.807) is 6.92 Å². The molecule has 0 spiro atoms. The van der Waals surface area contributed by atoms with E-state index in [9.17, 15) is 9.90 Å². The molecule has 0 fully saturated rings. The van der Waals surface area contributed by atoms with Gasteiger partial charge < -0.3 is 19.8 Å². The molecule has 0 radical (unpaired) electrons. The zero-order valence-corrected chi connectivity index (χ0v) is 13.2. The molecular formula is C6H10KNaO4. The maximum absolute atomic E-state index is 9.49. The Labute approximate surface area is 137 Å². The maximum Gasteiger partial charge on any atom is 1.00 e. The molecule has 0 aliphatic carbocycles.